The van der Waals surface area contributed by atoms with Gasteiger partial charge in [-0.3, -0.25) is 0 Å². The highest BCUT2D eigenvalue weighted by Gasteiger charge is 2.39. The van der Waals surface area contributed by atoms with Crippen molar-refractivity contribution in [3.8, 4) is 11.1 Å². The summed E-state index contributed by atoms with van der Waals surface area (Å²) in [6.45, 7) is 0. The summed E-state index contributed by atoms with van der Waals surface area (Å²) in [5, 5.41) is 0.766. The highest BCUT2D eigenvalue weighted by Crippen LogP contribution is 2.43. The molecule has 1 fully saturated rings. The molecule has 1 aliphatic rings. The van der Waals surface area contributed by atoms with E-state index in [-0.39, 0.29) is 17.9 Å². The van der Waals surface area contributed by atoms with Crippen molar-refractivity contribution >= 4 is 24.0 Å². The van der Waals surface area contributed by atoms with Crippen LogP contribution >= 0.6 is 24.0 Å². The van der Waals surface area contributed by atoms with Gasteiger partial charge >= 0.3 is 0 Å². The molecule has 0 atom stereocenters. The van der Waals surface area contributed by atoms with Crippen LogP contribution < -0.4 is 5.73 Å². The molecule has 0 unspecified atom stereocenters. The van der Waals surface area contributed by atoms with Crippen LogP contribution in [0.4, 0.5) is 0 Å². The predicted octanol–water partition coefficient (Wildman–Crippen LogP) is 4.38. The first-order chi connectivity index (χ1) is 8.17. The number of hydrogen-bond acceptors (Lipinski definition) is 1. The molecular weight excluding hydrogens is 265 g/mol. The van der Waals surface area contributed by atoms with E-state index in [1.54, 1.807) is 0 Å². The summed E-state index contributed by atoms with van der Waals surface area (Å²) < 4.78 is 0. The minimum Gasteiger partial charge on any atom is -0.321 e. The van der Waals surface area contributed by atoms with E-state index in [0.717, 1.165) is 17.9 Å². The summed E-state index contributed by atoms with van der Waals surface area (Å²) in [5.41, 5.74) is 9.78. The quantitative estimate of drug-likeness (QED) is 0.868. The van der Waals surface area contributed by atoms with Gasteiger partial charge in [0.05, 0.1) is 0 Å². The van der Waals surface area contributed by atoms with E-state index in [1.165, 1.54) is 16.7 Å². The van der Waals surface area contributed by atoms with Crippen LogP contribution in [-0.2, 0) is 5.54 Å². The van der Waals surface area contributed by atoms with E-state index in [2.05, 4.69) is 24.3 Å². The van der Waals surface area contributed by atoms with Crippen LogP contribution in [0.1, 0.15) is 18.4 Å². The fourth-order valence-electron chi connectivity index (χ4n) is 2.07. The smallest absolute Gasteiger partial charge is 0.0411 e. The van der Waals surface area contributed by atoms with Crippen molar-refractivity contribution in [2.75, 3.05) is 0 Å². The first-order valence-electron chi connectivity index (χ1n) is 5.83. The summed E-state index contributed by atoms with van der Waals surface area (Å²) >= 11 is 5.89. The molecule has 0 aliphatic heterocycles. The van der Waals surface area contributed by atoms with Crippen LogP contribution in [-0.4, -0.2) is 0 Å². The van der Waals surface area contributed by atoms with E-state index >= 15 is 0 Å². The lowest BCUT2D eigenvalue weighted by molar-refractivity contribution is 0.740. The van der Waals surface area contributed by atoms with Crippen LogP contribution in [0.2, 0.25) is 5.02 Å². The van der Waals surface area contributed by atoms with Crippen molar-refractivity contribution in [1.29, 1.82) is 0 Å². The van der Waals surface area contributed by atoms with Gasteiger partial charge in [-0.2, -0.15) is 0 Å². The van der Waals surface area contributed by atoms with E-state index < -0.39 is 0 Å². The van der Waals surface area contributed by atoms with Crippen molar-refractivity contribution in [3.05, 3.63) is 59.1 Å². The second-order valence-electron chi connectivity index (χ2n) is 4.74. The molecule has 94 valence electrons. The van der Waals surface area contributed by atoms with Gasteiger partial charge in [-0.25, -0.2) is 0 Å². The molecule has 1 saturated carbocycles. The first kappa shape index (κ1) is 13.4. The fraction of sp³-hybridized carbons (Fsp3) is 0.200. The molecule has 1 nitrogen and oxygen atoms in total. The van der Waals surface area contributed by atoms with Gasteiger partial charge in [-0.05, 0) is 47.7 Å². The topological polar surface area (TPSA) is 26.0 Å². The van der Waals surface area contributed by atoms with Gasteiger partial charge in [-0.1, -0.05) is 41.9 Å². The van der Waals surface area contributed by atoms with Crippen molar-refractivity contribution in [3.63, 3.8) is 0 Å². The fourth-order valence-corrected chi connectivity index (χ4v) is 2.20. The highest BCUT2D eigenvalue weighted by molar-refractivity contribution is 6.30. The molecular formula is C15H15Cl2N. The van der Waals surface area contributed by atoms with E-state index in [4.69, 9.17) is 17.3 Å². The number of rotatable bonds is 2. The number of benzene rings is 2. The maximum Gasteiger partial charge on any atom is 0.0411 e. The average molecular weight is 280 g/mol. The molecule has 2 aromatic carbocycles. The summed E-state index contributed by atoms with van der Waals surface area (Å²) in [6.07, 6.45) is 2.19. The molecule has 0 radical (unpaired) electrons. The normalized spacial score (nSPS) is 15.9. The van der Waals surface area contributed by atoms with Gasteiger partial charge in [0.15, 0.2) is 0 Å². The zero-order chi connectivity index (χ0) is 11.9. The van der Waals surface area contributed by atoms with Gasteiger partial charge in [0, 0.05) is 10.6 Å². The third-order valence-electron chi connectivity index (χ3n) is 3.40. The third kappa shape index (κ3) is 2.54. The molecule has 3 heteroatoms. The van der Waals surface area contributed by atoms with Crippen LogP contribution in [0.3, 0.4) is 0 Å². The molecule has 0 saturated heterocycles. The SMILES string of the molecule is Cl.NC1(c2cccc(-c3ccc(Cl)cc3)c2)CC1. The van der Waals surface area contributed by atoms with Gasteiger partial charge in [0.1, 0.15) is 0 Å². The number of halogens is 2. The summed E-state index contributed by atoms with van der Waals surface area (Å²) in [5.74, 6) is 0. The molecule has 0 amide bonds. The molecule has 3 rings (SSSR count). The lowest BCUT2D eigenvalue weighted by Gasteiger charge is -2.11. The Hall–Kier alpha value is -1.02. The Kier molecular flexibility index (Phi) is 3.67. The number of hydrogen-bond donors (Lipinski definition) is 1. The van der Waals surface area contributed by atoms with Crippen molar-refractivity contribution in [2.45, 2.75) is 18.4 Å². The van der Waals surface area contributed by atoms with Gasteiger partial charge in [-0.15, -0.1) is 12.4 Å². The van der Waals surface area contributed by atoms with Crippen molar-refractivity contribution < 1.29 is 0 Å². The summed E-state index contributed by atoms with van der Waals surface area (Å²) in [7, 11) is 0. The molecule has 1 aliphatic carbocycles. The molecule has 0 bridgehead atoms. The Morgan fingerprint density at radius 3 is 2.22 bits per heavy atom. The van der Waals surface area contributed by atoms with Gasteiger partial charge in [0.2, 0.25) is 0 Å². The Morgan fingerprint density at radius 1 is 0.944 bits per heavy atom. The average Bonchev–Trinajstić information content (AvgIpc) is 3.10. The zero-order valence-corrected chi connectivity index (χ0v) is 11.5. The van der Waals surface area contributed by atoms with E-state index in [9.17, 15) is 0 Å². The van der Waals surface area contributed by atoms with E-state index in [0.29, 0.717) is 0 Å². The standard InChI is InChI=1S/C15H14ClN.ClH/c16-14-6-4-11(5-7-14)12-2-1-3-13(10-12)15(17)8-9-15;/h1-7,10H,8-9,17H2;1H. The van der Waals surface area contributed by atoms with Gasteiger partial charge < -0.3 is 5.73 Å². The second-order valence-corrected chi connectivity index (χ2v) is 5.18. The Labute approximate surface area is 118 Å². The maximum absolute atomic E-state index is 6.22. The van der Waals surface area contributed by atoms with Crippen LogP contribution in [0.5, 0.6) is 0 Å². The molecule has 0 spiro atoms. The molecule has 0 heterocycles. The predicted molar refractivity (Wildman–Crippen MR) is 79.2 cm³/mol. The molecule has 2 aromatic rings. The Bertz CT molecular complexity index is 545. The first-order valence-corrected chi connectivity index (χ1v) is 6.21. The van der Waals surface area contributed by atoms with E-state index in [1.807, 2.05) is 24.3 Å². The monoisotopic (exact) mass is 279 g/mol. The summed E-state index contributed by atoms with van der Waals surface area (Å²) in [6, 6.07) is 16.4. The number of nitrogens with two attached hydrogens (primary N) is 1. The summed E-state index contributed by atoms with van der Waals surface area (Å²) in [4.78, 5) is 0. The Balaban J connectivity index is 0.00000120. The largest absolute Gasteiger partial charge is 0.321 e. The lowest BCUT2D eigenvalue weighted by Crippen LogP contribution is -2.18. The third-order valence-corrected chi connectivity index (χ3v) is 3.66. The highest BCUT2D eigenvalue weighted by atomic mass is 35.5. The molecule has 18 heavy (non-hydrogen) atoms. The minimum absolute atomic E-state index is 0. The van der Waals surface area contributed by atoms with Crippen LogP contribution in [0.15, 0.2) is 48.5 Å². The zero-order valence-electron chi connectivity index (χ0n) is 9.90. The Morgan fingerprint density at radius 2 is 1.61 bits per heavy atom. The molecule has 0 aromatic heterocycles. The van der Waals surface area contributed by atoms with Crippen LogP contribution in [0, 0.1) is 0 Å². The van der Waals surface area contributed by atoms with Crippen molar-refractivity contribution in [2.24, 2.45) is 5.73 Å². The minimum atomic E-state index is -0.0670. The molecule has 2 N–H and O–H groups in total. The van der Waals surface area contributed by atoms with Crippen molar-refractivity contribution in [1.82, 2.24) is 0 Å². The van der Waals surface area contributed by atoms with Crippen LogP contribution in [0.25, 0.3) is 11.1 Å². The lowest BCUT2D eigenvalue weighted by atomic mass is 9.99. The second kappa shape index (κ2) is 4.93. The van der Waals surface area contributed by atoms with Gasteiger partial charge in [0.25, 0.3) is 0 Å². The maximum atomic E-state index is 6.22.